The van der Waals surface area contributed by atoms with Crippen LogP contribution in [0.3, 0.4) is 0 Å². The average Bonchev–Trinajstić information content (AvgIpc) is 2.36. The highest BCUT2D eigenvalue weighted by molar-refractivity contribution is 7.89. The molecule has 21 heavy (non-hydrogen) atoms. The van der Waals surface area contributed by atoms with Crippen LogP contribution in [0.4, 0.5) is 5.69 Å². The zero-order valence-electron chi connectivity index (χ0n) is 11.6. The summed E-state index contributed by atoms with van der Waals surface area (Å²) in [6, 6.07) is 1.62. The number of likely N-dealkylation sites (N-methyl/N-ethyl adjacent to an activating group) is 1. The maximum Gasteiger partial charge on any atom is 0.312 e. The van der Waals surface area contributed by atoms with Crippen molar-refractivity contribution in [2.45, 2.75) is 17.9 Å². The molecule has 0 heterocycles. The molecule has 0 saturated carbocycles. The maximum atomic E-state index is 12.1. The summed E-state index contributed by atoms with van der Waals surface area (Å²) in [6.45, 7) is 1.36. The monoisotopic (exact) mass is 317 g/mol. The Morgan fingerprint density at radius 2 is 2.00 bits per heavy atom. The summed E-state index contributed by atoms with van der Waals surface area (Å²) in [5, 5.41) is 20.0. The topological polar surface area (TPSA) is 130 Å². The predicted octanol–water partition coefficient (Wildman–Crippen LogP) is 0.0554. The molecule has 1 aromatic carbocycles. The average molecular weight is 317 g/mol. The van der Waals surface area contributed by atoms with Gasteiger partial charge in [0.25, 0.3) is 0 Å². The molecule has 1 aromatic rings. The lowest BCUT2D eigenvalue weighted by molar-refractivity contribution is -0.386. The van der Waals surface area contributed by atoms with Gasteiger partial charge in [0.1, 0.15) is 0 Å². The van der Waals surface area contributed by atoms with E-state index in [0.717, 1.165) is 18.2 Å². The lowest BCUT2D eigenvalue weighted by Crippen LogP contribution is -2.44. The second-order valence-electron chi connectivity index (χ2n) is 4.48. The number of carbonyl (C=O) groups is 1. The number of amides is 1. The minimum Gasteiger partial charge on any atom is -0.502 e. The standard InChI is InChI=1S/C11H15N3O6S/c1-7(11(16)13(2)3)12-21(19,20)8-4-5-10(15)9(6-8)14(17)18/h4-7,12,15H,1-3H3. The zero-order chi connectivity index (χ0) is 16.4. The second kappa shape index (κ2) is 6.06. The van der Waals surface area contributed by atoms with Crippen LogP contribution in [0.1, 0.15) is 6.92 Å². The Morgan fingerprint density at radius 3 is 2.48 bits per heavy atom. The third kappa shape index (κ3) is 3.89. The molecule has 10 heteroatoms. The van der Waals surface area contributed by atoms with Gasteiger partial charge in [0.05, 0.1) is 15.9 Å². The number of nitro groups is 1. The Hall–Kier alpha value is -2.20. The quantitative estimate of drug-likeness (QED) is 0.583. The Morgan fingerprint density at radius 1 is 1.43 bits per heavy atom. The molecule has 0 aliphatic carbocycles. The van der Waals surface area contributed by atoms with Crippen molar-refractivity contribution in [3.8, 4) is 5.75 Å². The number of nitro benzene ring substituents is 1. The first-order valence-electron chi connectivity index (χ1n) is 5.77. The van der Waals surface area contributed by atoms with Gasteiger partial charge in [-0.3, -0.25) is 14.9 Å². The number of carbonyl (C=O) groups excluding carboxylic acids is 1. The van der Waals surface area contributed by atoms with Gasteiger partial charge in [-0.25, -0.2) is 8.42 Å². The molecule has 1 rings (SSSR count). The van der Waals surface area contributed by atoms with Gasteiger partial charge in [-0.2, -0.15) is 4.72 Å². The van der Waals surface area contributed by atoms with Crippen LogP contribution in [-0.2, 0) is 14.8 Å². The van der Waals surface area contributed by atoms with E-state index in [1.807, 2.05) is 0 Å². The van der Waals surface area contributed by atoms with Crippen molar-refractivity contribution in [1.82, 2.24) is 9.62 Å². The molecule has 0 fully saturated rings. The molecule has 9 nitrogen and oxygen atoms in total. The second-order valence-corrected chi connectivity index (χ2v) is 6.20. The first kappa shape index (κ1) is 16.9. The van der Waals surface area contributed by atoms with Crippen LogP contribution in [0.25, 0.3) is 0 Å². The summed E-state index contributed by atoms with van der Waals surface area (Å²) in [5.74, 6) is -1.11. The number of nitrogens with zero attached hydrogens (tertiary/aromatic N) is 2. The highest BCUT2D eigenvalue weighted by Crippen LogP contribution is 2.28. The van der Waals surface area contributed by atoms with Gasteiger partial charge in [-0.15, -0.1) is 0 Å². The van der Waals surface area contributed by atoms with E-state index in [2.05, 4.69) is 4.72 Å². The Kier molecular flexibility index (Phi) is 4.86. The van der Waals surface area contributed by atoms with Crippen molar-refractivity contribution in [3.63, 3.8) is 0 Å². The fourth-order valence-electron chi connectivity index (χ4n) is 1.56. The molecule has 0 bridgehead atoms. The highest BCUT2D eigenvalue weighted by Gasteiger charge is 2.25. The molecule has 0 aliphatic rings. The van der Waals surface area contributed by atoms with Gasteiger partial charge < -0.3 is 10.0 Å². The summed E-state index contributed by atoms with van der Waals surface area (Å²) in [6.07, 6.45) is 0. The minimum atomic E-state index is -4.12. The summed E-state index contributed by atoms with van der Waals surface area (Å²) in [7, 11) is -1.18. The van der Waals surface area contributed by atoms with Crippen LogP contribution >= 0.6 is 0 Å². The van der Waals surface area contributed by atoms with Gasteiger partial charge >= 0.3 is 5.69 Å². The molecular formula is C11H15N3O6S. The number of phenolic OH excluding ortho intramolecular Hbond substituents is 1. The molecule has 0 aromatic heterocycles. The number of hydrogen-bond donors (Lipinski definition) is 2. The Balaban J connectivity index is 3.12. The van der Waals surface area contributed by atoms with Crippen LogP contribution in [0.2, 0.25) is 0 Å². The summed E-state index contributed by atoms with van der Waals surface area (Å²) in [5.41, 5.74) is -0.732. The number of aromatic hydroxyl groups is 1. The lowest BCUT2D eigenvalue weighted by atomic mass is 10.3. The Labute approximate surface area is 121 Å². The SMILES string of the molecule is CC(NS(=O)(=O)c1ccc(O)c([N+](=O)[O-])c1)C(=O)N(C)C. The maximum absolute atomic E-state index is 12.1. The molecule has 0 spiro atoms. The summed E-state index contributed by atoms with van der Waals surface area (Å²) >= 11 is 0. The molecule has 1 atom stereocenters. The van der Waals surface area contributed by atoms with E-state index in [4.69, 9.17) is 0 Å². The van der Waals surface area contributed by atoms with E-state index in [1.54, 1.807) is 0 Å². The van der Waals surface area contributed by atoms with Crippen LogP contribution in [-0.4, -0.2) is 49.4 Å². The number of nitrogens with one attached hydrogen (secondary N) is 1. The number of hydrogen-bond acceptors (Lipinski definition) is 6. The molecule has 0 aliphatic heterocycles. The molecule has 1 amide bonds. The van der Waals surface area contributed by atoms with Gasteiger partial charge in [0.15, 0.2) is 5.75 Å². The van der Waals surface area contributed by atoms with Gasteiger partial charge in [-0.1, -0.05) is 0 Å². The number of rotatable bonds is 5. The number of benzene rings is 1. The molecule has 116 valence electrons. The van der Waals surface area contributed by atoms with Crippen molar-refractivity contribution in [1.29, 1.82) is 0 Å². The van der Waals surface area contributed by atoms with Gasteiger partial charge in [0.2, 0.25) is 15.9 Å². The van der Waals surface area contributed by atoms with Gasteiger partial charge in [0, 0.05) is 20.2 Å². The van der Waals surface area contributed by atoms with E-state index in [0.29, 0.717) is 0 Å². The lowest BCUT2D eigenvalue weighted by Gasteiger charge is -2.18. The summed E-state index contributed by atoms with van der Waals surface area (Å²) in [4.78, 5) is 22.2. The van der Waals surface area contributed by atoms with Crippen molar-refractivity contribution < 1.29 is 23.2 Å². The van der Waals surface area contributed by atoms with E-state index in [-0.39, 0.29) is 0 Å². The molecule has 1 unspecified atom stereocenters. The first-order valence-corrected chi connectivity index (χ1v) is 7.25. The van der Waals surface area contributed by atoms with Crippen molar-refractivity contribution in [3.05, 3.63) is 28.3 Å². The normalized spacial score (nSPS) is 12.7. The van der Waals surface area contributed by atoms with Crippen LogP contribution in [0.15, 0.2) is 23.1 Å². The van der Waals surface area contributed by atoms with Crippen molar-refractivity contribution in [2.75, 3.05) is 14.1 Å². The van der Waals surface area contributed by atoms with Gasteiger partial charge in [-0.05, 0) is 19.1 Å². The largest absolute Gasteiger partial charge is 0.502 e. The van der Waals surface area contributed by atoms with Crippen LogP contribution in [0, 0.1) is 10.1 Å². The minimum absolute atomic E-state index is 0.412. The molecule has 0 radical (unpaired) electrons. The number of sulfonamides is 1. The van der Waals surface area contributed by atoms with Crippen LogP contribution in [0.5, 0.6) is 5.75 Å². The smallest absolute Gasteiger partial charge is 0.312 e. The predicted molar refractivity (Wildman–Crippen MR) is 73.2 cm³/mol. The van der Waals surface area contributed by atoms with E-state index >= 15 is 0 Å². The third-order valence-electron chi connectivity index (χ3n) is 2.60. The fraction of sp³-hybridized carbons (Fsp3) is 0.364. The summed E-state index contributed by atoms with van der Waals surface area (Å²) < 4.78 is 26.3. The Bertz CT molecular complexity index is 671. The van der Waals surface area contributed by atoms with E-state index < -0.39 is 43.2 Å². The van der Waals surface area contributed by atoms with E-state index in [9.17, 15) is 28.4 Å². The zero-order valence-corrected chi connectivity index (χ0v) is 12.4. The van der Waals surface area contributed by atoms with Crippen molar-refractivity contribution >= 4 is 21.6 Å². The first-order chi connectivity index (χ1) is 9.56. The third-order valence-corrected chi connectivity index (χ3v) is 4.14. The van der Waals surface area contributed by atoms with E-state index in [1.165, 1.54) is 25.9 Å². The molecular weight excluding hydrogens is 302 g/mol. The van der Waals surface area contributed by atoms with Crippen molar-refractivity contribution in [2.24, 2.45) is 0 Å². The molecule has 2 N–H and O–H groups in total. The van der Waals surface area contributed by atoms with Crippen LogP contribution < -0.4 is 4.72 Å². The fourth-order valence-corrected chi connectivity index (χ4v) is 2.77. The highest BCUT2D eigenvalue weighted by atomic mass is 32.2. The number of phenols is 1. The molecule has 0 saturated heterocycles.